The van der Waals surface area contributed by atoms with Gasteiger partial charge in [-0.25, -0.2) is 4.39 Å². The normalized spacial score (nSPS) is 11.1. The fourth-order valence-electron chi connectivity index (χ4n) is 2.57. The van der Waals surface area contributed by atoms with Crippen molar-refractivity contribution in [2.75, 3.05) is 10.6 Å². The van der Waals surface area contributed by atoms with Crippen molar-refractivity contribution in [3.8, 4) is 0 Å². The van der Waals surface area contributed by atoms with Gasteiger partial charge in [0.15, 0.2) is 0 Å². The molecule has 0 radical (unpaired) electrons. The van der Waals surface area contributed by atoms with Gasteiger partial charge in [-0.05, 0) is 61.5 Å². The van der Waals surface area contributed by atoms with Gasteiger partial charge in [0, 0.05) is 23.1 Å². The molecule has 0 atom stereocenters. The minimum Gasteiger partial charge on any atom is -0.322 e. The summed E-state index contributed by atoms with van der Waals surface area (Å²) in [6, 6.07) is 10.5. The van der Waals surface area contributed by atoms with Crippen molar-refractivity contribution in [2.45, 2.75) is 13.1 Å². The second-order valence-electron chi connectivity index (χ2n) is 6.36. The van der Waals surface area contributed by atoms with Crippen molar-refractivity contribution in [2.24, 2.45) is 0 Å². The molecule has 3 rings (SSSR count). The number of pyridine rings is 1. The smallest absolute Gasteiger partial charge is 0.322 e. The Morgan fingerprint density at radius 1 is 0.867 bits per heavy atom. The molecule has 0 saturated carbocycles. The summed E-state index contributed by atoms with van der Waals surface area (Å²) in [6.45, 7) is 1.71. The first-order chi connectivity index (χ1) is 14.1. The first-order valence-electron chi connectivity index (χ1n) is 8.65. The van der Waals surface area contributed by atoms with Crippen LogP contribution in [-0.2, 0) is 6.18 Å². The second-order valence-corrected chi connectivity index (χ2v) is 6.36. The standard InChI is InChI=1S/C21H15F4N3O2/c1-12-2-3-14(11-26-12)20(30)28-18-9-8-16(10-17(18)21(23,24)25)27-19(29)13-4-6-15(22)7-5-13/h2-11H,1H3,(H,27,29)(H,28,30). The van der Waals surface area contributed by atoms with Crippen LogP contribution in [-0.4, -0.2) is 16.8 Å². The summed E-state index contributed by atoms with van der Waals surface area (Å²) in [5, 5.41) is 4.54. The van der Waals surface area contributed by atoms with Crippen molar-refractivity contribution < 1.29 is 27.2 Å². The first kappa shape index (κ1) is 21.0. The molecule has 3 aromatic rings. The third-order valence-electron chi connectivity index (χ3n) is 4.11. The number of nitrogens with zero attached hydrogens (tertiary/aromatic N) is 1. The molecule has 1 heterocycles. The van der Waals surface area contributed by atoms with Gasteiger partial charge in [0.2, 0.25) is 0 Å². The largest absolute Gasteiger partial charge is 0.418 e. The highest BCUT2D eigenvalue weighted by atomic mass is 19.4. The van der Waals surface area contributed by atoms with Gasteiger partial charge >= 0.3 is 6.18 Å². The Hall–Kier alpha value is -3.75. The van der Waals surface area contributed by atoms with Crippen LogP contribution >= 0.6 is 0 Å². The number of amides is 2. The zero-order valence-corrected chi connectivity index (χ0v) is 15.5. The molecule has 0 aliphatic carbocycles. The highest BCUT2D eigenvalue weighted by Gasteiger charge is 2.34. The highest BCUT2D eigenvalue weighted by molar-refractivity contribution is 6.06. The van der Waals surface area contributed by atoms with Crippen molar-refractivity contribution >= 4 is 23.2 Å². The predicted molar refractivity (Wildman–Crippen MR) is 103 cm³/mol. The molecule has 9 heteroatoms. The molecule has 0 aliphatic heterocycles. The van der Waals surface area contributed by atoms with E-state index in [1.807, 2.05) is 0 Å². The third-order valence-corrected chi connectivity index (χ3v) is 4.11. The number of hydrogen-bond acceptors (Lipinski definition) is 3. The van der Waals surface area contributed by atoms with Crippen LogP contribution in [0.4, 0.5) is 28.9 Å². The van der Waals surface area contributed by atoms with Gasteiger partial charge in [0.25, 0.3) is 11.8 Å². The highest BCUT2D eigenvalue weighted by Crippen LogP contribution is 2.37. The number of halogens is 4. The fourth-order valence-corrected chi connectivity index (χ4v) is 2.57. The number of rotatable bonds is 4. The zero-order chi connectivity index (χ0) is 21.9. The van der Waals surface area contributed by atoms with Crippen LogP contribution in [0.2, 0.25) is 0 Å². The number of carbonyl (C=O) groups is 2. The van der Waals surface area contributed by atoms with Crippen LogP contribution in [0.5, 0.6) is 0 Å². The van der Waals surface area contributed by atoms with E-state index in [0.717, 1.165) is 18.2 Å². The van der Waals surface area contributed by atoms with Gasteiger partial charge in [-0.15, -0.1) is 0 Å². The van der Waals surface area contributed by atoms with Crippen LogP contribution < -0.4 is 10.6 Å². The lowest BCUT2D eigenvalue weighted by Gasteiger charge is -2.16. The molecular weight excluding hydrogens is 402 g/mol. The fraction of sp³-hybridized carbons (Fsp3) is 0.0952. The van der Waals surface area contributed by atoms with E-state index < -0.39 is 35.1 Å². The van der Waals surface area contributed by atoms with Crippen LogP contribution in [0.3, 0.4) is 0 Å². The molecule has 0 bridgehead atoms. The Labute approximate surface area is 168 Å². The Morgan fingerprint density at radius 2 is 1.50 bits per heavy atom. The second kappa shape index (κ2) is 8.32. The summed E-state index contributed by atoms with van der Waals surface area (Å²) in [7, 11) is 0. The van der Waals surface area contributed by atoms with E-state index in [9.17, 15) is 27.2 Å². The van der Waals surface area contributed by atoms with Crippen molar-refractivity contribution in [3.63, 3.8) is 0 Å². The Balaban J connectivity index is 1.84. The molecule has 2 N–H and O–H groups in total. The average molecular weight is 417 g/mol. The van der Waals surface area contributed by atoms with Gasteiger partial charge in [0.05, 0.1) is 16.8 Å². The molecule has 0 fully saturated rings. The van der Waals surface area contributed by atoms with E-state index >= 15 is 0 Å². The zero-order valence-electron chi connectivity index (χ0n) is 15.5. The maximum absolute atomic E-state index is 13.5. The lowest BCUT2D eigenvalue weighted by molar-refractivity contribution is -0.136. The van der Waals surface area contributed by atoms with Crippen molar-refractivity contribution in [1.29, 1.82) is 0 Å². The molecule has 0 spiro atoms. The molecule has 0 unspecified atom stereocenters. The number of alkyl halides is 3. The summed E-state index contributed by atoms with van der Waals surface area (Å²) in [5.74, 6) is -2.00. The summed E-state index contributed by atoms with van der Waals surface area (Å²) in [5.41, 5.74) is -0.896. The van der Waals surface area contributed by atoms with E-state index in [2.05, 4.69) is 15.6 Å². The Kier molecular flexibility index (Phi) is 5.81. The summed E-state index contributed by atoms with van der Waals surface area (Å²) >= 11 is 0. The topological polar surface area (TPSA) is 71.1 Å². The minimum atomic E-state index is -4.79. The number of carbonyl (C=O) groups excluding carboxylic acids is 2. The summed E-state index contributed by atoms with van der Waals surface area (Å²) < 4.78 is 53.5. The van der Waals surface area contributed by atoms with E-state index in [0.29, 0.717) is 11.8 Å². The molecule has 2 amide bonds. The number of anilines is 2. The Morgan fingerprint density at radius 3 is 2.10 bits per heavy atom. The SMILES string of the molecule is Cc1ccc(C(=O)Nc2ccc(NC(=O)c3ccc(F)cc3)cc2C(F)(F)F)cn1. The molecule has 2 aromatic carbocycles. The molecule has 5 nitrogen and oxygen atoms in total. The summed E-state index contributed by atoms with van der Waals surface area (Å²) in [4.78, 5) is 28.4. The van der Waals surface area contributed by atoms with E-state index in [-0.39, 0.29) is 16.8 Å². The van der Waals surface area contributed by atoms with E-state index in [1.165, 1.54) is 30.5 Å². The van der Waals surface area contributed by atoms with Crippen molar-refractivity contribution in [1.82, 2.24) is 4.98 Å². The molecular formula is C21H15F4N3O2. The Bertz CT molecular complexity index is 1080. The van der Waals surface area contributed by atoms with Crippen LogP contribution in [0.1, 0.15) is 32.0 Å². The monoisotopic (exact) mass is 417 g/mol. The summed E-state index contributed by atoms with van der Waals surface area (Å²) in [6.07, 6.45) is -3.53. The lowest BCUT2D eigenvalue weighted by atomic mass is 10.1. The number of nitrogens with one attached hydrogen (secondary N) is 2. The number of hydrogen-bond donors (Lipinski definition) is 2. The van der Waals surface area contributed by atoms with Crippen LogP contribution in [0.25, 0.3) is 0 Å². The number of benzene rings is 2. The van der Waals surface area contributed by atoms with Gasteiger partial charge in [-0.2, -0.15) is 13.2 Å². The number of aryl methyl sites for hydroxylation is 1. The maximum Gasteiger partial charge on any atom is 0.418 e. The number of aromatic nitrogens is 1. The quantitative estimate of drug-likeness (QED) is 0.584. The van der Waals surface area contributed by atoms with Crippen molar-refractivity contribution in [3.05, 3.63) is 89.0 Å². The van der Waals surface area contributed by atoms with Gasteiger partial charge in [-0.1, -0.05) is 0 Å². The van der Waals surface area contributed by atoms with Gasteiger partial charge in [-0.3, -0.25) is 14.6 Å². The molecule has 0 saturated heterocycles. The van der Waals surface area contributed by atoms with Gasteiger partial charge in [0.1, 0.15) is 5.82 Å². The molecule has 30 heavy (non-hydrogen) atoms. The van der Waals surface area contributed by atoms with E-state index in [4.69, 9.17) is 0 Å². The minimum absolute atomic E-state index is 0.0780. The molecule has 1 aromatic heterocycles. The third kappa shape index (κ3) is 4.99. The lowest BCUT2D eigenvalue weighted by Crippen LogP contribution is -2.18. The van der Waals surface area contributed by atoms with Crippen LogP contribution in [0.15, 0.2) is 60.8 Å². The molecule has 0 aliphatic rings. The first-order valence-corrected chi connectivity index (χ1v) is 8.65. The predicted octanol–water partition coefficient (Wildman–Crippen LogP) is 5.05. The van der Waals surface area contributed by atoms with E-state index in [1.54, 1.807) is 13.0 Å². The van der Waals surface area contributed by atoms with Crippen LogP contribution in [0, 0.1) is 12.7 Å². The van der Waals surface area contributed by atoms with Gasteiger partial charge < -0.3 is 10.6 Å². The average Bonchev–Trinajstić information content (AvgIpc) is 2.69. The molecule has 154 valence electrons. The maximum atomic E-state index is 13.5.